The van der Waals surface area contributed by atoms with E-state index in [9.17, 15) is 10.1 Å². The molecule has 0 bridgehead atoms. The van der Waals surface area contributed by atoms with Gasteiger partial charge in [0.1, 0.15) is 5.69 Å². The van der Waals surface area contributed by atoms with E-state index in [-0.39, 0.29) is 12.3 Å². The lowest BCUT2D eigenvalue weighted by Crippen LogP contribution is -2.24. The van der Waals surface area contributed by atoms with Gasteiger partial charge in [0.05, 0.1) is 10.6 Å². The Morgan fingerprint density at radius 1 is 1.32 bits per heavy atom. The number of rotatable bonds is 10. The van der Waals surface area contributed by atoms with Gasteiger partial charge in [-0.05, 0) is 25.0 Å². The maximum atomic E-state index is 11.2. The van der Waals surface area contributed by atoms with Crippen molar-refractivity contribution in [3.63, 3.8) is 0 Å². The van der Waals surface area contributed by atoms with Crippen LogP contribution < -0.4 is 21.9 Å². The van der Waals surface area contributed by atoms with Gasteiger partial charge < -0.3 is 16.2 Å². The molecule has 0 spiro atoms. The van der Waals surface area contributed by atoms with Crippen LogP contribution in [-0.4, -0.2) is 23.2 Å². The zero-order valence-corrected chi connectivity index (χ0v) is 12.4. The molecular weight excluding hydrogens is 286 g/mol. The second kappa shape index (κ2) is 9.59. The Labute approximate surface area is 129 Å². The van der Waals surface area contributed by atoms with E-state index in [1.54, 1.807) is 12.1 Å². The molecule has 0 aromatic heterocycles. The van der Waals surface area contributed by atoms with Crippen molar-refractivity contribution in [2.24, 2.45) is 11.6 Å². The molecule has 0 unspecified atom stereocenters. The molecule has 0 aliphatic heterocycles. The predicted molar refractivity (Wildman–Crippen MR) is 87.1 cm³/mol. The van der Waals surface area contributed by atoms with Gasteiger partial charge in [-0.15, -0.1) is 0 Å². The van der Waals surface area contributed by atoms with Gasteiger partial charge in [-0.25, -0.2) is 5.84 Å². The van der Waals surface area contributed by atoms with Crippen LogP contribution in [0.4, 0.5) is 17.1 Å². The fourth-order valence-electron chi connectivity index (χ4n) is 1.97. The van der Waals surface area contributed by atoms with E-state index in [2.05, 4.69) is 5.32 Å². The zero-order chi connectivity index (χ0) is 16.4. The maximum absolute atomic E-state index is 11.2. The molecule has 0 aliphatic carbocycles. The Bertz CT molecular complexity index is 507. The largest absolute Gasteiger partial charge is 0.403 e. The summed E-state index contributed by atoms with van der Waals surface area (Å²) in [4.78, 5) is 10.7. The van der Waals surface area contributed by atoms with Crippen molar-refractivity contribution in [3.05, 3.63) is 40.7 Å². The van der Waals surface area contributed by atoms with Gasteiger partial charge in [-0.2, -0.15) is 0 Å². The van der Waals surface area contributed by atoms with E-state index in [0.717, 1.165) is 25.7 Å². The van der Waals surface area contributed by atoms with Crippen LogP contribution in [0.1, 0.15) is 25.7 Å². The van der Waals surface area contributed by atoms with Crippen LogP contribution >= 0.6 is 0 Å². The molecule has 8 nitrogen and oxygen atoms in total. The minimum atomic E-state index is -0.447. The Kier molecular flexibility index (Phi) is 7.73. The first kappa shape index (κ1) is 17.7. The van der Waals surface area contributed by atoms with Crippen LogP contribution in [0.5, 0.6) is 0 Å². The highest BCUT2D eigenvalue weighted by Crippen LogP contribution is 2.29. The van der Waals surface area contributed by atoms with E-state index in [0.29, 0.717) is 17.9 Å². The molecule has 6 N–H and O–H groups in total. The number of aliphatic hydroxyl groups excluding tert-OH is 1. The van der Waals surface area contributed by atoms with Crippen LogP contribution in [-0.2, 0) is 0 Å². The first-order valence-corrected chi connectivity index (χ1v) is 7.15. The van der Waals surface area contributed by atoms with Gasteiger partial charge in [0.25, 0.3) is 5.69 Å². The summed E-state index contributed by atoms with van der Waals surface area (Å²) in [5.41, 5.74) is 6.15. The summed E-state index contributed by atoms with van der Waals surface area (Å²) in [5, 5.41) is 24.1. The van der Waals surface area contributed by atoms with Crippen LogP contribution in [0.25, 0.3) is 0 Å². The molecule has 1 aromatic carbocycles. The highest BCUT2D eigenvalue weighted by atomic mass is 16.6. The first-order chi connectivity index (χ1) is 10.6. The number of nitrogens with one attached hydrogen (secondary N) is 1. The molecule has 0 heterocycles. The minimum Gasteiger partial charge on any atom is -0.403 e. The number of hydrazine groups is 1. The summed E-state index contributed by atoms with van der Waals surface area (Å²) in [6.07, 6.45) is 6.26. The second-order valence-electron chi connectivity index (χ2n) is 4.77. The average molecular weight is 309 g/mol. The van der Waals surface area contributed by atoms with Gasteiger partial charge in [0.2, 0.25) is 0 Å². The van der Waals surface area contributed by atoms with Gasteiger partial charge in [0, 0.05) is 31.6 Å². The number of nitrogens with two attached hydrogens (primary N) is 2. The lowest BCUT2D eigenvalue weighted by molar-refractivity contribution is -0.383. The van der Waals surface area contributed by atoms with Crippen LogP contribution in [0.3, 0.4) is 0 Å². The quantitative estimate of drug-likeness (QED) is 0.224. The molecule has 1 rings (SSSR count). The van der Waals surface area contributed by atoms with Crippen molar-refractivity contribution >= 4 is 17.1 Å². The summed E-state index contributed by atoms with van der Waals surface area (Å²) in [6.45, 7) is 0.841. The number of nitro groups is 1. The maximum Gasteiger partial charge on any atom is 0.294 e. The summed E-state index contributed by atoms with van der Waals surface area (Å²) >= 11 is 0. The zero-order valence-electron chi connectivity index (χ0n) is 12.4. The van der Waals surface area contributed by atoms with Crippen LogP contribution in [0.15, 0.2) is 30.6 Å². The van der Waals surface area contributed by atoms with Crippen molar-refractivity contribution in [3.8, 4) is 0 Å². The number of hydrogen-bond donors (Lipinski definition) is 4. The molecule has 0 radical (unpaired) electrons. The molecule has 122 valence electrons. The molecule has 0 saturated carbocycles. The predicted octanol–water partition coefficient (Wildman–Crippen LogP) is 1.67. The van der Waals surface area contributed by atoms with E-state index in [1.165, 1.54) is 23.5 Å². The summed E-state index contributed by atoms with van der Waals surface area (Å²) < 4.78 is 0. The topological polar surface area (TPSA) is 131 Å². The normalized spacial score (nSPS) is 10.8. The van der Waals surface area contributed by atoms with Crippen molar-refractivity contribution in [1.29, 1.82) is 0 Å². The van der Waals surface area contributed by atoms with Gasteiger partial charge in [0.15, 0.2) is 0 Å². The number of hydrogen-bond acceptors (Lipinski definition) is 7. The third kappa shape index (κ3) is 5.58. The number of benzene rings is 1. The lowest BCUT2D eigenvalue weighted by atomic mass is 10.2. The van der Waals surface area contributed by atoms with E-state index in [4.69, 9.17) is 16.7 Å². The monoisotopic (exact) mass is 309 g/mol. The minimum absolute atomic E-state index is 0.0336. The molecule has 0 fully saturated rings. The second-order valence-corrected chi connectivity index (χ2v) is 4.77. The Balaban J connectivity index is 2.68. The lowest BCUT2D eigenvalue weighted by Gasteiger charge is -2.14. The molecule has 22 heavy (non-hydrogen) atoms. The van der Waals surface area contributed by atoms with E-state index >= 15 is 0 Å². The molecule has 0 atom stereocenters. The smallest absolute Gasteiger partial charge is 0.294 e. The SMILES string of the molecule is N/C=C\N(N)c1ccc(NCCCCCCO)c([N+](=O)[O-])c1. The van der Waals surface area contributed by atoms with Gasteiger partial charge in [-0.1, -0.05) is 12.8 Å². The average Bonchev–Trinajstić information content (AvgIpc) is 2.50. The van der Waals surface area contributed by atoms with Crippen molar-refractivity contribution < 1.29 is 10.0 Å². The molecule has 0 saturated heterocycles. The number of unbranched alkanes of at least 4 members (excludes halogenated alkanes) is 3. The number of anilines is 2. The van der Waals surface area contributed by atoms with Crippen molar-refractivity contribution in [2.45, 2.75) is 25.7 Å². The molecule has 8 heteroatoms. The first-order valence-electron chi connectivity index (χ1n) is 7.15. The van der Waals surface area contributed by atoms with Gasteiger partial charge >= 0.3 is 0 Å². The number of nitrogens with zero attached hydrogens (tertiary/aromatic N) is 2. The summed E-state index contributed by atoms with van der Waals surface area (Å²) in [5.74, 6) is 5.70. The third-order valence-electron chi connectivity index (χ3n) is 3.12. The standard InChI is InChI=1S/C14H23N5O3/c15-7-9-18(16)12-5-6-13(14(11-12)19(21)22)17-8-3-1-2-4-10-20/h5-7,9,11,17,20H,1-4,8,10,15-16H2/b9-7-. The molecule has 1 aromatic rings. The summed E-state index contributed by atoms with van der Waals surface area (Å²) in [7, 11) is 0. The Hall–Kier alpha value is -2.32. The highest BCUT2D eigenvalue weighted by Gasteiger charge is 2.15. The fourth-order valence-corrected chi connectivity index (χ4v) is 1.97. The van der Waals surface area contributed by atoms with Crippen molar-refractivity contribution in [1.82, 2.24) is 0 Å². The van der Waals surface area contributed by atoms with Crippen LogP contribution in [0.2, 0.25) is 0 Å². The molecule has 0 amide bonds. The van der Waals surface area contributed by atoms with Gasteiger partial charge in [-0.3, -0.25) is 15.1 Å². The number of aliphatic hydroxyl groups is 1. The highest BCUT2D eigenvalue weighted by molar-refractivity contribution is 5.68. The fraction of sp³-hybridized carbons (Fsp3) is 0.429. The van der Waals surface area contributed by atoms with E-state index in [1.807, 2.05) is 0 Å². The Morgan fingerprint density at radius 2 is 2.05 bits per heavy atom. The summed E-state index contributed by atoms with van der Waals surface area (Å²) in [6, 6.07) is 4.71. The number of nitro benzene ring substituents is 1. The van der Waals surface area contributed by atoms with Crippen LogP contribution in [0, 0.1) is 10.1 Å². The van der Waals surface area contributed by atoms with E-state index < -0.39 is 4.92 Å². The third-order valence-corrected chi connectivity index (χ3v) is 3.12. The molecular formula is C14H23N5O3. The molecule has 0 aliphatic rings. The Morgan fingerprint density at radius 3 is 2.68 bits per heavy atom. The van der Waals surface area contributed by atoms with Crippen molar-refractivity contribution in [2.75, 3.05) is 23.5 Å².